The zero-order valence-electron chi connectivity index (χ0n) is 9.65. The summed E-state index contributed by atoms with van der Waals surface area (Å²) >= 11 is 0. The SMILES string of the molecule is N#Cc1ccc(CN2CCCNCC2=O)cc1. The van der Waals surface area contributed by atoms with Gasteiger partial charge in [-0.3, -0.25) is 4.79 Å². The van der Waals surface area contributed by atoms with Crippen molar-refractivity contribution >= 4 is 5.91 Å². The van der Waals surface area contributed by atoms with Crippen LogP contribution in [0.15, 0.2) is 24.3 Å². The molecule has 1 aromatic rings. The van der Waals surface area contributed by atoms with Crippen molar-refractivity contribution in [1.82, 2.24) is 10.2 Å². The molecule has 17 heavy (non-hydrogen) atoms. The van der Waals surface area contributed by atoms with E-state index in [1.54, 1.807) is 12.1 Å². The van der Waals surface area contributed by atoms with E-state index in [0.717, 1.165) is 25.1 Å². The minimum atomic E-state index is 0.145. The molecule has 0 saturated carbocycles. The van der Waals surface area contributed by atoms with Crippen LogP contribution in [-0.2, 0) is 11.3 Å². The molecule has 1 aromatic carbocycles. The van der Waals surface area contributed by atoms with Crippen molar-refractivity contribution < 1.29 is 4.79 Å². The molecule has 1 fully saturated rings. The number of nitriles is 1. The van der Waals surface area contributed by atoms with Gasteiger partial charge >= 0.3 is 0 Å². The molecule has 2 rings (SSSR count). The molecule has 0 aromatic heterocycles. The Kier molecular flexibility index (Phi) is 3.73. The first-order valence-electron chi connectivity index (χ1n) is 5.77. The monoisotopic (exact) mass is 229 g/mol. The molecule has 0 spiro atoms. The Morgan fingerprint density at radius 3 is 2.82 bits per heavy atom. The molecule has 0 atom stereocenters. The Labute approximate surface area is 101 Å². The molecule has 1 heterocycles. The minimum absolute atomic E-state index is 0.145. The average Bonchev–Trinajstić information content (AvgIpc) is 2.56. The lowest BCUT2D eigenvalue weighted by atomic mass is 10.1. The number of benzene rings is 1. The van der Waals surface area contributed by atoms with Gasteiger partial charge in [0.05, 0.1) is 18.2 Å². The van der Waals surface area contributed by atoms with Crippen molar-refractivity contribution in [3.63, 3.8) is 0 Å². The smallest absolute Gasteiger partial charge is 0.236 e. The molecule has 0 radical (unpaired) electrons. The third kappa shape index (κ3) is 3.05. The molecule has 1 N–H and O–H groups in total. The quantitative estimate of drug-likeness (QED) is 0.819. The number of rotatable bonds is 2. The van der Waals surface area contributed by atoms with E-state index in [9.17, 15) is 4.79 Å². The first kappa shape index (κ1) is 11.6. The minimum Gasteiger partial charge on any atom is -0.337 e. The van der Waals surface area contributed by atoms with E-state index in [2.05, 4.69) is 11.4 Å². The number of hydrogen-bond donors (Lipinski definition) is 1. The van der Waals surface area contributed by atoms with Crippen LogP contribution >= 0.6 is 0 Å². The summed E-state index contributed by atoms with van der Waals surface area (Å²) in [5, 5.41) is 11.8. The summed E-state index contributed by atoms with van der Waals surface area (Å²) in [4.78, 5) is 13.6. The van der Waals surface area contributed by atoms with E-state index in [1.807, 2.05) is 17.0 Å². The van der Waals surface area contributed by atoms with Gasteiger partial charge in [0, 0.05) is 13.1 Å². The largest absolute Gasteiger partial charge is 0.337 e. The Hall–Kier alpha value is -1.86. The molecular weight excluding hydrogens is 214 g/mol. The molecule has 1 aliphatic rings. The van der Waals surface area contributed by atoms with Crippen LogP contribution in [0.3, 0.4) is 0 Å². The number of hydrogen-bond acceptors (Lipinski definition) is 3. The molecular formula is C13H15N3O. The van der Waals surface area contributed by atoms with E-state index in [4.69, 9.17) is 5.26 Å². The fourth-order valence-electron chi connectivity index (χ4n) is 1.90. The maximum Gasteiger partial charge on any atom is 0.236 e. The number of nitrogens with one attached hydrogen (secondary N) is 1. The highest BCUT2D eigenvalue weighted by atomic mass is 16.2. The zero-order valence-corrected chi connectivity index (χ0v) is 9.65. The third-order valence-electron chi connectivity index (χ3n) is 2.87. The van der Waals surface area contributed by atoms with Gasteiger partial charge in [-0.2, -0.15) is 5.26 Å². The van der Waals surface area contributed by atoms with Crippen LogP contribution in [0.5, 0.6) is 0 Å². The van der Waals surface area contributed by atoms with Crippen LogP contribution < -0.4 is 5.32 Å². The summed E-state index contributed by atoms with van der Waals surface area (Å²) in [5.41, 5.74) is 1.72. The normalized spacial score (nSPS) is 16.4. The predicted molar refractivity (Wildman–Crippen MR) is 64.1 cm³/mol. The van der Waals surface area contributed by atoms with Crippen molar-refractivity contribution in [2.24, 2.45) is 0 Å². The first-order valence-corrected chi connectivity index (χ1v) is 5.77. The van der Waals surface area contributed by atoms with E-state index in [-0.39, 0.29) is 5.91 Å². The maximum atomic E-state index is 11.8. The number of amides is 1. The summed E-state index contributed by atoms with van der Waals surface area (Å²) in [6.07, 6.45) is 0.988. The van der Waals surface area contributed by atoms with Crippen molar-refractivity contribution in [3.8, 4) is 6.07 Å². The molecule has 0 aliphatic carbocycles. The lowest BCUT2D eigenvalue weighted by Gasteiger charge is -2.20. The molecule has 88 valence electrons. The van der Waals surface area contributed by atoms with Crippen LogP contribution in [-0.4, -0.2) is 30.4 Å². The second kappa shape index (κ2) is 5.46. The molecule has 1 saturated heterocycles. The van der Waals surface area contributed by atoms with E-state index in [1.165, 1.54) is 0 Å². The third-order valence-corrected chi connectivity index (χ3v) is 2.87. The Morgan fingerprint density at radius 2 is 2.12 bits per heavy atom. The maximum absolute atomic E-state index is 11.8. The molecule has 4 heteroatoms. The number of nitrogens with zero attached hydrogens (tertiary/aromatic N) is 2. The number of carbonyl (C=O) groups is 1. The highest BCUT2D eigenvalue weighted by Crippen LogP contribution is 2.08. The fourth-order valence-corrected chi connectivity index (χ4v) is 1.90. The van der Waals surface area contributed by atoms with Gasteiger partial charge in [-0.25, -0.2) is 0 Å². The Bertz CT molecular complexity index is 433. The van der Waals surface area contributed by atoms with Gasteiger partial charge in [0.2, 0.25) is 5.91 Å². The van der Waals surface area contributed by atoms with E-state index in [0.29, 0.717) is 18.7 Å². The molecule has 1 aliphatic heterocycles. The van der Waals surface area contributed by atoms with E-state index < -0.39 is 0 Å². The van der Waals surface area contributed by atoms with Gasteiger partial charge in [-0.05, 0) is 30.7 Å². The summed E-state index contributed by atoms with van der Waals surface area (Å²) < 4.78 is 0. The summed E-state index contributed by atoms with van der Waals surface area (Å²) in [7, 11) is 0. The lowest BCUT2D eigenvalue weighted by molar-refractivity contribution is -0.130. The zero-order chi connectivity index (χ0) is 12.1. The highest BCUT2D eigenvalue weighted by molar-refractivity contribution is 5.78. The molecule has 4 nitrogen and oxygen atoms in total. The van der Waals surface area contributed by atoms with Crippen molar-refractivity contribution in [1.29, 1.82) is 5.26 Å². The van der Waals surface area contributed by atoms with Gasteiger partial charge in [0.1, 0.15) is 0 Å². The van der Waals surface area contributed by atoms with Gasteiger partial charge in [0.15, 0.2) is 0 Å². The van der Waals surface area contributed by atoms with Crippen LogP contribution in [0, 0.1) is 11.3 Å². The standard InChI is InChI=1S/C13H15N3O/c14-8-11-2-4-12(5-3-11)10-16-7-1-6-15-9-13(16)17/h2-5,15H,1,6-7,9-10H2. The van der Waals surface area contributed by atoms with Crippen molar-refractivity contribution in [2.45, 2.75) is 13.0 Å². The van der Waals surface area contributed by atoms with Crippen LogP contribution in [0.25, 0.3) is 0 Å². The highest BCUT2D eigenvalue weighted by Gasteiger charge is 2.15. The topological polar surface area (TPSA) is 56.1 Å². The van der Waals surface area contributed by atoms with Crippen LogP contribution in [0.4, 0.5) is 0 Å². The molecule has 1 amide bonds. The first-order chi connectivity index (χ1) is 8.29. The second-order valence-corrected chi connectivity index (χ2v) is 4.15. The average molecular weight is 229 g/mol. The second-order valence-electron chi connectivity index (χ2n) is 4.15. The van der Waals surface area contributed by atoms with Crippen LogP contribution in [0.1, 0.15) is 17.5 Å². The predicted octanol–water partition coefficient (Wildman–Crippen LogP) is 0.880. The molecule has 0 bridgehead atoms. The Morgan fingerprint density at radius 1 is 1.35 bits per heavy atom. The van der Waals surface area contributed by atoms with Gasteiger partial charge in [-0.15, -0.1) is 0 Å². The fraction of sp³-hybridized carbons (Fsp3) is 0.385. The Balaban J connectivity index is 2.03. The summed E-state index contributed by atoms with van der Waals surface area (Å²) in [6.45, 7) is 2.75. The van der Waals surface area contributed by atoms with Gasteiger partial charge in [0.25, 0.3) is 0 Å². The summed E-state index contributed by atoms with van der Waals surface area (Å²) in [6, 6.07) is 9.47. The lowest BCUT2D eigenvalue weighted by Crippen LogP contribution is -2.34. The van der Waals surface area contributed by atoms with Gasteiger partial charge < -0.3 is 10.2 Å². The summed E-state index contributed by atoms with van der Waals surface area (Å²) in [5.74, 6) is 0.145. The van der Waals surface area contributed by atoms with Crippen molar-refractivity contribution in [2.75, 3.05) is 19.6 Å². The molecule has 0 unspecified atom stereocenters. The van der Waals surface area contributed by atoms with Crippen LogP contribution in [0.2, 0.25) is 0 Å². The number of carbonyl (C=O) groups excluding carboxylic acids is 1. The van der Waals surface area contributed by atoms with Gasteiger partial charge in [-0.1, -0.05) is 12.1 Å². The van der Waals surface area contributed by atoms with E-state index >= 15 is 0 Å². The van der Waals surface area contributed by atoms with Crippen molar-refractivity contribution in [3.05, 3.63) is 35.4 Å².